The van der Waals surface area contributed by atoms with Crippen LogP contribution in [0.3, 0.4) is 0 Å². The molecule has 0 atom stereocenters. The Labute approximate surface area is 50.3 Å². The molecule has 1 rings (SSSR count). The smallest absolute Gasteiger partial charge is 0.102 e. The summed E-state index contributed by atoms with van der Waals surface area (Å²) in [6.45, 7) is 0. The minimum atomic E-state index is -0.466. The predicted octanol–water partition coefficient (Wildman–Crippen LogP) is 1.92. The van der Waals surface area contributed by atoms with Gasteiger partial charge in [0.25, 0.3) is 0 Å². The predicted molar refractivity (Wildman–Crippen MR) is 31.9 cm³/mol. The molecular weight excluding hydrogens is 194 g/mol. The van der Waals surface area contributed by atoms with Gasteiger partial charge in [-0.15, -0.1) is 0 Å². The first-order valence-electron chi connectivity index (χ1n) is 2.07. The van der Waals surface area contributed by atoms with E-state index in [0.29, 0.717) is 3.92 Å². The molecule has 36 valence electrons. The van der Waals surface area contributed by atoms with Crippen molar-refractivity contribution < 1.29 is 4.39 Å². The average molecular weight is 200 g/mol. The molecule has 0 aliphatic heterocycles. The van der Waals surface area contributed by atoms with Gasteiger partial charge in [0, 0.05) is 3.92 Å². The van der Waals surface area contributed by atoms with E-state index in [1.165, 1.54) is 0 Å². The molecule has 0 aromatic heterocycles. The van der Waals surface area contributed by atoms with Gasteiger partial charge in [-0.2, -0.15) is 0 Å². The maximum atomic E-state index is 11.8. The van der Waals surface area contributed by atoms with Gasteiger partial charge < -0.3 is 0 Å². The maximum Gasteiger partial charge on any atom is 0.102 e. The highest BCUT2D eigenvalue weighted by atomic mass is 127. The zero-order chi connectivity index (χ0) is 4.57. The van der Waals surface area contributed by atoms with Crippen molar-refractivity contribution in [2.75, 3.05) is 0 Å². The van der Waals surface area contributed by atoms with E-state index in [1.54, 1.807) is 0 Å². The number of alkyl halides is 2. The largest absolute Gasteiger partial charge is 0.247 e. The topological polar surface area (TPSA) is 0 Å². The monoisotopic (exact) mass is 200 g/mol. The molecule has 0 nitrogen and oxygen atoms in total. The minimum Gasteiger partial charge on any atom is -0.247 e. The molecule has 0 aromatic carbocycles. The van der Waals surface area contributed by atoms with Gasteiger partial charge in [-0.25, -0.2) is 4.39 Å². The van der Waals surface area contributed by atoms with E-state index < -0.39 is 6.17 Å². The summed E-state index contributed by atoms with van der Waals surface area (Å²) in [6, 6.07) is 0. The molecule has 1 fully saturated rings. The summed E-state index contributed by atoms with van der Waals surface area (Å²) in [7, 11) is 0. The second-order valence-corrected chi connectivity index (χ2v) is 3.43. The van der Waals surface area contributed by atoms with Crippen molar-refractivity contribution in [2.45, 2.75) is 22.9 Å². The summed E-state index contributed by atoms with van der Waals surface area (Å²) < 4.78 is 12.4. The van der Waals surface area contributed by atoms with Crippen LogP contribution in [0.15, 0.2) is 0 Å². The van der Waals surface area contributed by atoms with Crippen molar-refractivity contribution in [1.29, 1.82) is 0 Å². The van der Waals surface area contributed by atoms with E-state index in [-0.39, 0.29) is 0 Å². The molecule has 1 aliphatic rings. The Bertz CT molecular complexity index is 43.5. The molecule has 2 heteroatoms. The highest BCUT2D eigenvalue weighted by molar-refractivity contribution is 14.1. The number of rotatable bonds is 0. The third kappa shape index (κ3) is 0.832. The van der Waals surface area contributed by atoms with E-state index in [0.717, 1.165) is 12.8 Å². The second-order valence-electron chi connectivity index (χ2n) is 1.67. The average Bonchev–Trinajstić information content (AvgIpc) is 1.33. The second kappa shape index (κ2) is 1.64. The van der Waals surface area contributed by atoms with Gasteiger partial charge in [-0.1, -0.05) is 22.6 Å². The van der Waals surface area contributed by atoms with Crippen LogP contribution in [-0.2, 0) is 0 Å². The molecule has 0 saturated heterocycles. The van der Waals surface area contributed by atoms with Crippen LogP contribution in [0.5, 0.6) is 0 Å². The van der Waals surface area contributed by atoms with Gasteiger partial charge in [-0.3, -0.25) is 0 Å². The van der Waals surface area contributed by atoms with Gasteiger partial charge >= 0.3 is 0 Å². The summed E-state index contributed by atoms with van der Waals surface area (Å²) >= 11 is 2.27. The Morgan fingerprint density at radius 3 is 2.00 bits per heavy atom. The summed E-state index contributed by atoms with van der Waals surface area (Å²) in [5.41, 5.74) is 0. The summed E-state index contributed by atoms with van der Waals surface area (Å²) in [4.78, 5) is 0. The molecule has 0 unspecified atom stereocenters. The Morgan fingerprint density at radius 1 is 1.50 bits per heavy atom. The van der Waals surface area contributed by atoms with Crippen LogP contribution in [0.4, 0.5) is 4.39 Å². The lowest BCUT2D eigenvalue weighted by Crippen LogP contribution is -2.23. The Hall–Kier alpha value is 0.660. The lowest BCUT2D eigenvalue weighted by atomic mass is 9.98. The van der Waals surface area contributed by atoms with Crippen LogP contribution >= 0.6 is 22.6 Å². The molecule has 0 radical (unpaired) electrons. The molecule has 6 heavy (non-hydrogen) atoms. The first-order chi connectivity index (χ1) is 2.79. The molecule has 0 heterocycles. The highest BCUT2D eigenvalue weighted by Crippen LogP contribution is 2.29. The van der Waals surface area contributed by atoms with Gasteiger partial charge in [-0.05, 0) is 12.8 Å². The zero-order valence-corrected chi connectivity index (χ0v) is 5.48. The van der Waals surface area contributed by atoms with Gasteiger partial charge in [0.2, 0.25) is 0 Å². The standard InChI is InChI=1S/C4H6FI/c5-3-1-4(6)2-3/h3-4H,1-2H2/t3-,4-. The minimum absolute atomic E-state index is 0.466. The quantitative estimate of drug-likeness (QED) is 0.414. The van der Waals surface area contributed by atoms with Crippen LogP contribution in [0.2, 0.25) is 0 Å². The van der Waals surface area contributed by atoms with Crippen molar-refractivity contribution in [3.63, 3.8) is 0 Å². The zero-order valence-electron chi connectivity index (χ0n) is 3.32. The lowest BCUT2D eigenvalue weighted by Gasteiger charge is -2.23. The molecule has 0 amide bonds. The fourth-order valence-corrected chi connectivity index (χ4v) is 1.59. The Balaban J connectivity index is 2.11. The molecule has 1 saturated carbocycles. The molecule has 0 spiro atoms. The van der Waals surface area contributed by atoms with Gasteiger partial charge in [0.05, 0.1) is 0 Å². The van der Waals surface area contributed by atoms with Crippen molar-refractivity contribution in [2.24, 2.45) is 0 Å². The SMILES string of the molecule is F[C@H]1C[C@H](I)C1. The number of hydrogen-bond donors (Lipinski definition) is 0. The summed E-state index contributed by atoms with van der Waals surface area (Å²) in [5.74, 6) is 0. The van der Waals surface area contributed by atoms with Crippen molar-refractivity contribution in [3.05, 3.63) is 0 Å². The first-order valence-corrected chi connectivity index (χ1v) is 3.32. The lowest BCUT2D eigenvalue weighted by molar-refractivity contribution is 0.226. The Kier molecular flexibility index (Phi) is 1.31. The van der Waals surface area contributed by atoms with Crippen molar-refractivity contribution >= 4 is 22.6 Å². The number of hydrogen-bond acceptors (Lipinski definition) is 0. The summed E-state index contributed by atoms with van der Waals surface area (Å²) in [5, 5.41) is 0. The highest BCUT2D eigenvalue weighted by Gasteiger charge is 2.25. The van der Waals surface area contributed by atoms with E-state index in [2.05, 4.69) is 22.6 Å². The van der Waals surface area contributed by atoms with Crippen LogP contribution in [0.25, 0.3) is 0 Å². The maximum absolute atomic E-state index is 11.8. The van der Waals surface area contributed by atoms with Crippen LogP contribution in [-0.4, -0.2) is 10.1 Å². The van der Waals surface area contributed by atoms with Crippen LogP contribution in [0.1, 0.15) is 12.8 Å². The first kappa shape index (κ1) is 4.81. The fraction of sp³-hybridized carbons (Fsp3) is 1.00. The van der Waals surface area contributed by atoms with Crippen LogP contribution in [0, 0.1) is 0 Å². The molecule has 0 N–H and O–H groups in total. The van der Waals surface area contributed by atoms with Crippen molar-refractivity contribution in [1.82, 2.24) is 0 Å². The third-order valence-electron chi connectivity index (χ3n) is 1.02. The summed E-state index contributed by atoms with van der Waals surface area (Å²) in [6.07, 6.45) is 1.12. The van der Waals surface area contributed by atoms with E-state index in [4.69, 9.17) is 0 Å². The van der Waals surface area contributed by atoms with E-state index in [9.17, 15) is 4.39 Å². The molecular formula is C4H6FI. The van der Waals surface area contributed by atoms with Gasteiger partial charge in [0.1, 0.15) is 6.17 Å². The van der Waals surface area contributed by atoms with E-state index >= 15 is 0 Å². The van der Waals surface area contributed by atoms with E-state index in [1.807, 2.05) is 0 Å². The molecule has 0 bridgehead atoms. The molecule has 0 aromatic rings. The molecule has 1 aliphatic carbocycles. The Morgan fingerprint density at radius 2 is 2.00 bits per heavy atom. The normalized spacial score (nSPS) is 45.0. The van der Waals surface area contributed by atoms with Gasteiger partial charge in [0.15, 0.2) is 0 Å². The number of halogens is 2. The van der Waals surface area contributed by atoms with Crippen molar-refractivity contribution in [3.8, 4) is 0 Å². The van der Waals surface area contributed by atoms with Crippen LogP contribution < -0.4 is 0 Å². The third-order valence-corrected chi connectivity index (χ3v) is 2.04. The fourth-order valence-electron chi connectivity index (χ4n) is 0.486.